The van der Waals surface area contributed by atoms with Crippen molar-refractivity contribution in [3.63, 3.8) is 0 Å². The third-order valence-corrected chi connectivity index (χ3v) is 3.46. The van der Waals surface area contributed by atoms with Crippen LogP contribution in [0.15, 0.2) is 42.7 Å². The molecule has 0 saturated carbocycles. The topological polar surface area (TPSA) is 59.3 Å². The smallest absolute Gasteiger partial charge is 0.256 e. The van der Waals surface area contributed by atoms with E-state index in [1.165, 1.54) is 18.3 Å². The molecule has 5 nitrogen and oxygen atoms in total. The van der Waals surface area contributed by atoms with Crippen molar-refractivity contribution in [2.75, 3.05) is 6.54 Å². The maximum absolute atomic E-state index is 13.1. The second-order valence-electron chi connectivity index (χ2n) is 5.73. The van der Waals surface area contributed by atoms with Gasteiger partial charge in [-0.25, -0.2) is 13.9 Å². The molecule has 3 rings (SSSR count). The molecule has 0 saturated heterocycles. The number of benzene rings is 1. The van der Waals surface area contributed by atoms with E-state index in [1.807, 2.05) is 13.8 Å². The molecule has 2 aromatic heterocycles. The fourth-order valence-corrected chi connectivity index (χ4v) is 2.28. The number of amides is 1. The lowest BCUT2D eigenvalue weighted by atomic mass is 10.1. The second-order valence-corrected chi connectivity index (χ2v) is 5.73. The molecular weight excluding hydrogens is 295 g/mol. The standard InChI is InChI=1S/C17H17FN4O/c1-11(2)9-20-17(23)14-10-21-22-15(7-8-19-16(14)22)12-3-5-13(18)6-4-12/h3-8,10-11H,9H2,1-2H3,(H,20,23). The number of rotatable bonds is 4. The molecule has 2 heterocycles. The minimum atomic E-state index is -0.298. The van der Waals surface area contributed by atoms with Gasteiger partial charge in [-0.05, 0) is 36.2 Å². The maximum atomic E-state index is 13.1. The Morgan fingerprint density at radius 1 is 1.26 bits per heavy atom. The number of nitrogens with one attached hydrogen (secondary N) is 1. The Bertz CT molecular complexity index is 839. The Morgan fingerprint density at radius 2 is 2.00 bits per heavy atom. The van der Waals surface area contributed by atoms with Crippen LogP contribution in [0.5, 0.6) is 0 Å². The molecular formula is C17H17FN4O. The monoisotopic (exact) mass is 312 g/mol. The predicted octanol–water partition coefficient (Wildman–Crippen LogP) is 2.92. The van der Waals surface area contributed by atoms with Crippen LogP contribution in [0.1, 0.15) is 24.2 Å². The van der Waals surface area contributed by atoms with Gasteiger partial charge in [-0.2, -0.15) is 5.10 Å². The first-order valence-electron chi connectivity index (χ1n) is 7.43. The summed E-state index contributed by atoms with van der Waals surface area (Å²) in [5.74, 6) is -0.130. The summed E-state index contributed by atoms with van der Waals surface area (Å²) in [6.45, 7) is 4.65. The highest BCUT2D eigenvalue weighted by Gasteiger charge is 2.16. The van der Waals surface area contributed by atoms with Gasteiger partial charge in [-0.3, -0.25) is 4.79 Å². The van der Waals surface area contributed by atoms with Gasteiger partial charge in [0.05, 0.1) is 11.9 Å². The summed E-state index contributed by atoms with van der Waals surface area (Å²) >= 11 is 0. The van der Waals surface area contributed by atoms with Gasteiger partial charge in [-0.15, -0.1) is 0 Å². The first-order valence-corrected chi connectivity index (χ1v) is 7.43. The molecule has 0 bridgehead atoms. The number of nitrogens with zero attached hydrogens (tertiary/aromatic N) is 3. The third kappa shape index (κ3) is 3.06. The number of halogens is 1. The molecule has 23 heavy (non-hydrogen) atoms. The van der Waals surface area contributed by atoms with E-state index in [9.17, 15) is 9.18 Å². The van der Waals surface area contributed by atoms with Gasteiger partial charge in [0.2, 0.25) is 0 Å². The zero-order chi connectivity index (χ0) is 16.4. The number of carbonyl (C=O) groups is 1. The van der Waals surface area contributed by atoms with Gasteiger partial charge in [0.15, 0.2) is 5.65 Å². The van der Waals surface area contributed by atoms with Crippen LogP contribution in [0.3, 0.4) is 0 Å². The quantitative estimate of drug-likeness (QED) is 0.806. The number of fused-ring (bicyclic) bond motifs is 1. The van der Waals surface area contributed by atoms with Crippen LogP contribution in [0.4, 0.5) is 4.39 Å². The molecule has 3 aromatic rings. The van der Waals surface area contributed by atoms with Crippen LogP contribution < -0.4 is 5.32 Å². The van der Waals surface area contributed by atoms with Crippen LogP contribution in [0, 0.1) is 11.7 Å². The van der Waals surface area contributed by atoms with Gasteiger partial charge in [0.1, 0.15) is 11.4 Å². The zero-order valence-electron chi connectivity index (χ0n) is 13.0. The van der Waals surface area contributed by atoms with Crippen molar-refractivity contribution >= 4 is 11.6 Å². The highest BCUT2D eigenvalue weighted by molar-refractivity contribution is 5.99. The minimum Gasteiger partial charge on any atom is -0.352 e. The number of hydrogen-bond donors (Lipinski definition) is 1. The summed E-state index contributed by atoms with van der Waals surface area (Å²) in [5, 5.41) is 7.13. The van der Waals surface area contributed by atoms with Gasteiger partial charge in [0.25, 0.3) is 5.91 Å². The Labute approximate surface area is 133 Å². The van der Waals surface area contributed by atoms with Crippen LogP contribution in [-0.4, -0.2) is 27.0 Å². The molecule has 0 fully saturated rings. The fourth-order valence-electron chi connectivity index (χ4n) is 2.28. The van der Waals surface area contributed by atoms with Crippen LogP contribution >= 0.6 is 0 Å². The Kier molecular flexibility index (Phi) is 4.06. The molecule has 0 radical (unpaired) electrons. The third-order valence-electron chi connectivity index (χ3n) is 3.46. The van der Waals surface area contributed by atoms with Crippen LogP contribution in [-0.2, 0) is 0 Å². The van der Waals surface area contributed by atoms with Gasteiger partial charge < -0.3 is 5.32 Å². The van der Waals surface area contributed by atoms with Crippen LogP contribution in [0.25, 0.3) is 16.9 Å². The molecule has 118 valence electrons. The first-order chi connectivity index (χ1) is 11.1. The molecule has 0 spiro atoms. The average Bonchev–Trinajstić information content (AvgIpc) is 2.97. The van der Waals surface area contributed by atoms with E-state index >= 15 is 0 Å². The Balaban J connectivity index is 2.00. The largest absolute Gasteiger partial charge is 0.352 e. The summed E-state index contributed by atoms with van der Waals surface area (Å²) in [6, 6.07) is 7.90. The number of aromatic nitrogens is 3. The molecule has 1 N–H and O–H groups in total. The van der Waals surface area contributed by atoms with Crippen molar-refractivity contribution in [2.24, 2.45) is 5.92 Å². The molecule has 0 aliphatic rings. The summed E-state index contributed by atoms with van der Waals surface area (Å²) < 4.78 is 14.7. The highest BCUT2D eigenvalue weighted by atomic mass is 19.1. The molecule has 0 atom stereocenters. The molecule has 0 aliphatic heterocycles. The second kappa shape index (κ2) is 6.16. The molecule has 0 aliphatic carbocycles. The Morgan fingerprint density at radius 3 is 2.70 bits per heavy atom. The van der Waals surface area contributed by atoms with E-state index in [0.717, 1.165) is 11.3 Å². The van der Waals surface area contributed by atoms with Crippen molar-refractivity contribution in [1.82, 2.24) is 19.9 Å². The van der Waals surface area contributed by atoms with Gasteiger partial charge in [0, 0.05) is 18.3 Å². The molecule has 1 amide bonds. The minimum absolute atomic E-state index is 0.197. The van der Waals surface area contributed by atoms with Gasteiger partial charge >= 0.3 is 0 Å². The zero-order valence-corrected chi connectivity index (χ0v) is 13.0. The van der Waals surface area contributed by atoms with Crippen molar-refractivity contribution in [2.45, 2.75) is 13.8 Å². The van der Waals surface area contributed by atoms with E-state index in [1.54, 1.807) is 28.9 Å². The lowest BCUT2D eigenvalue weighted by molar-refractivity contribution is 0.0950. The number of hydrogen-bond acceptors (Lipinski definition) is 3. The highest BCUT2D eigenvalue weighted by Crippen LogP contribution is 2.21. The predicted molar refractivity (Wildman–Crippen MR) is 85.6 cm³/mol. The lowest BCUT2D eigenvalue weighted by Gasteiger charge is -2.07. The first kappa shape index (κ1) is 15.1. The summed E-state index contributed by atoms with van der Waals surface area (Å²) in [6.07, 6.45) is 3.12. The number of carbonyl (C=O) groups excluding carboxylic acids is 1. The maximum Gasteiger partial charge on any atom is 0.256 e. The SMILES string of the molecule is CC(C)CNC(=O)c1cnn2c(-c3ccc(F)cc3)ccnc12. The lowest BCUT2D eigenvalue weighted by Crippen LogP contribution is -2.27. The molecule has 0 unspecified atom stereocenters. The van der Waals surface area contributed by atoms with E-state index in [-0.39, 0.29) is 11.7 Å². The van der Waals surface area contributed by atoms with Crippen molar-refractivity contribution in [3.05, 3.63) is 54.1 Å². The van der Waals surface area contributed by atoms with Crippen LogP contribution in [0.2, 0.25) is 0 Å². The van der Waals surface area contributed by atoms with Gasteiger partial charge in [-0.1, -0.05) is 13.8 Å². The van der Waals surface area contributed by atoms with E-state index in [2.05, 4.69) is 15.4 Å². The van der Waals surface area contributed by atoms with Crippen molar-refractivity contribution in [3.8, 4) is 11.3 Å². The molecule has 6 heteroatoms. The summed E-state index contributed by atoms with van der Waals surface area (Å²) in [4.78, 5) is 16.5. The van der Waals surface area contributed by atoms with E-state index in [4.69, 9.17) is 0 Å². The fraction of sp³-hybridized carbons (Fsp3) is 0.235. The average molecular weight is 312 g/mol. The van der Waals surface area contributed by atoms with E-state index < -0.39 is 0 Å². The Hall–Kier alpha value is -2.76. The van der Waals surface area contributed by atoms with Crippen molar-refractivity contribution in [1.29, 1.82) is 0 Å². The van der Waals surface area contributed by atoms with Crippen molar-refractivity contribution < 1.29 is 9.18 Å². The normalized spacial score (nSPS) is 11.1. The summed E-state index contributed by atoms with van der Waals surface area (Å²) in [7, 11) is 0. The molecule has 1 aromatic carbocycles. The summed E-state index contributed by atoms with van der Waals surface area (Å²) in [5.41, 5.74) is 2.46. The van der Waals surface area contributed by atoms with E-state index in [0.29, 0.717) is 23.7 Å².